The van der Waals surface area contributed by atoms with Crippen molar-refractivity contribution in [2.45, 2.75) is 6.18 Å². The van der Waals surface area contributed by atoms with Gasteiger partial charge >= 0.3 is 6.18 Å². The fourth-order valence-electron chi connectivity index (χ4n) is 1.64. The van der Waals surface area contributed by atoms with Crippen molar-refractivity contribution >= 4 is 34.8 Å². The number of aromatic nitrogens is 2. The van der Waals surface area contributed by atoms with Crippen molar-refractivity contribution < 1.29 is 18.0 Å². The number of alkyl halides is 3. The maximum absolute atomic E-state index is 12.5. The maximum atomic E-state index is 12.5. The molecule has 1 N–H and O–H groups in total. The third-order valence-electron chi connectivity index (χ3n) is 2.52. The van der Waals surface area contributed by atoms with Gasteiger partial charge in [-0.1, -0.05) is 23.2 Å². The molecule has 21 heavy (non-hydrogen) atoms. The molecule has 0 saturated heterocycles. The highest BCUT2D eigenvalue weighted by Gasteiger charge is 2.35. The molecule has 0 aliphatic heterocycles. The van der Waals surface area contributed by atoms with Gasteiger partial charge in [0.25, 0.3) is 5.91 Å². The molecule has 0 aliphatic carbocycles. The van der Waals surface area contributed by atoms with Crippen LogP contribution in [0.25, 0.3) is 0 Å². The van der Waals surface area contributed by atoms with Crippen LogP contribution in [0.1, 0.15) is 16.2 Å². The van der Waals surface area contributed by atoms with Crippen LogP contribution in [0, 0.1) is 0 Å². The Hall–Kier alpha value is -1.73. The summed E-state index contributed by atoms with van der Waals surface area (Å²) in [5.74, 6) is -0.751. The summed E-state index contributed by atoms with van der Waals surface area (Å²) in [6.07, 6.45) is -4.62. The number of aryl methyl sites for hydroxylation is 1. The second kappa shape index (κ2) is 5.57. The molecule has 0 radical (unpaired) electrons. The van der Waals surface area contributed by atoms with Crippen molar-refractivity contribution in [3.05, 3.63) is 45.7 Å². The number of rotatable bonds is 2. The van der Waals surface area contributed by atoms with Gasteiger partial charge in [-0.3, -0.25) is 9.48 Å². The second-order valence-electron chi connectivity index (χ2n) is 4.15. The van der Waals surface area contributed by atoms with Gasteiger partial charge in [0, 0.05) is 28.8 Å². The van der Waals surface area contributed by atoms with Gasteiger partial charge in [-0.25, -0.2) is 0 Å². The molecule has 0 atom stereocenters. The van der Waals surface area contributed by atoms with E-state index in [2.05, 4.69) is 10.4 Å². The van der Waals surface area contributed by atoms with Crippen LogP contribution in [0.15, 0.2) is 24.3 Å². The number of anilines is 1. The van der Waals surface area contributed by atoms with Crippen LogP contribution in [0.4, 0.5) is 18.9 Å². The molecule has 2 rings (SSSR count). The van der Waals surface area contributed by atoms with Crippen LogP contribution in [0.2, 0.25) is 10.0 Å². The molecule has 112 valence electrons. The molecular formula is C12H8Cl2F3N3O. The highest BCUT2D eigenvalue weighted by molar-refractivity contribution is 6.35. The lowest BCUT2D eigenvalue weighted by Crippen LogP contribution is -2.16. The highest BCUT2D eigenvalue weighted by atomic mass is 35.5. The zero-order chi connectivity index (χ0) is 15.8. The Balaban J connectivity index is 2.26. The molecule has 1 amide bonds. The van der Waals surface area contributed by atoms with Gasteiger partial charge in [-0.2, -0.15) is 18.3 Å². The number of carbonyl (C=O) groups is 1. The smallest absolute Gasteiger partial charge is 0.321 e. The zero-order valence-electron chi connectivity index (χ0n) is 10.5. The van der Waals surface area contributed by atoms with Crippen molar-refractivity contribution in [2.24, 2.45) is 7.05 Å². The third kappa shape index (κ3) is 3.68. The number of hydrogen-bond acceptors (Lipinski definition) is 2. The summed E-state index contributed by atoms with van der Waals surface area (Å²) in [6, 6.07) is 4.98. The second-order valence-corrected chi connectivity index (χ2v) is 5.02. The van der Waals surface area contributed by atoms with E-state index in [1.807, 2.05) is 0 Å². The molecule has 2 aromatic rings. The van der Waals surface area contributed by atoms with Gasteiger partial charge in [0.05, 0.1) is 0 Å². The lowest BCUT2D eigenvalue weighted by atomic mass is 10.3. The first-order valence-electron chi connectivity index (χ1n) is 5.55. The Morgan fingerprint density at radius 2 is 1.76 bits per heavy atom. The number of nitrogens with one attached hydrogen (secondary N) is 1. The average molecular weight is 338 g/mol. The topological polar surface area (TPSA) is 46.9 Å². The van der Waals surface area contributed by atoms with E-state index in [0.717, 1.165) is 4.68 Å². The van der Waals surface area contributed by atoms with Crippen LogP contribution in [0.3, 0.4) is 0 Å². The summed E-state index contributed by atoms with van der Waals surface area (Å²) in [5.41, 5.74) is -1.11. The maximum Gasteiger partial charge on any atom is 0.435 e. The van der Waals surface area contributed by atoms with Crippen LogP contribution >= 0.6 is 23.2 Å². The number of carbonyl (C=O) groups excluding carboxylic acids is 1. The first-order valence-corrected chi connectivity index (χ1v) is 6.31. The summed E-state index contributed by atoms with van der Waals surface area (Å²) in [5, 5.41) is 6.25. The standard InChI is InChI=1S/C12H8Cl2F3N3O/c1-20-9(5-10(19-20)12(15,16)17)11(21)18-8-3-6(13)2-7(14)4-8/h2-5H,1H3,(H,18,21). The van der Waals surface area contributed by atoms with E-state index < -0.39 is 17.8 Å². The van der Waals surface area contributed by atoms with E-state index >= 15 is 0 Å². The predicted molar refractivity (Wildman–Crippen MR) is 72.6 cm³/mol. The van der Waals surface area contributed by atoms with E-state index in [1.54, 1.807) is 0 Å². The van der Waals surface area contributed by atoms with Gasteiger partial charge in [-0.05, 0) is 18.2 Å². The molecule has 1 aromatic heterocycles. The van der Waals surface area contributed by atoms with E-state index in [0.29, 0.717) is 16.1 Å². The van der Waals surface area contributed by atoms with E-state index in [-0.39, 0.29) is 11.4 Å². The minimum atomic E-state index is -4.62. The summed E-state index contributed by atoms with van der Waals surface area (Å²) < 4.78 is 38.5. The first kappa shape index (κ1) is 15.7. The molecule has 0 bridgehead atoms. The highest BCUT2D eigenvalue weighted by Crippen LogP contribution is 2.29. The minimum Gasteiger partial charge on any atom is -0.321 e. The Morgan fingerprint density at radius 3 is 2.24 bits per heavy atom. The van der Waals surface area contributed by atoms with Gasteiger partial charge in [0.1, 0.15) is 5.69 Å². The molecule has 9 heteroatoms. The molecule has 0 fully saturated rings. The minimum absolute atomic E-state index is 0.238. The fraction of sp³-hybridized carbons (Fsp3) is 0.167. The number of halogens is 5. The first-order chi connectivity index (χ1) is 9.66. The van der Waals surface area contributed by atoms with Crippen LogP contribution in [-0.4, -0.2) is 15.7 Å². The molecular weight excluding hydrogens is 330 g/mol. The lowest BCUT2D eigenvalue weighted by molar-refractivity contribution is -0.141. The zero-order valence-corrected chi connectivity index (χ0v) is 12.0. The molecule has 0 saturated carbocycles. The third-order valence-corrected chi connectivity index (χ3v) is 2.96. The number of hydrogen-bond donors (Lipinski definition) is 1. The molecule has 0 spiro atoms. The van der Waals surface area contributed by atoms with E-state index in [4.69, 9.17) is 23.2 Å². The SMILES string of the molecule is Cn1nc(C(F)(F)F)cc1C(=O)Nc1cc(Cl)cc(Cl)c1. The fourth-order valence-corrected chi connectivity index (χ4v) is 2.17. The quantitative estimate of drug-likeness (QED) is 0.900. The molecule has 1 aromatic carbocycles. The normalized spacial score (nSPS) is 11.5. The average Bonchev–Trinajstić information content (AvgIpc) is 2.69. The van der Waals surface area contributed by atoms with Crippen molar-refractivity contribution in [3.8, 4) is 0 Å². The Bertz CT molecular complexity index is 677. The summed E-state index contributed by atoms with van der Waals surface area (Å²) in [4.78, 5) is 12.0. The Kier molecular flexibility index (Phi) is 4.15. The monoisotopic (exact) mass is 337 g/mol. The van der Waals surface area contributed by atoms with Crippen molar-refractivity contribution in [1.82, 2.24) is 9.78 Å². The summed E-state index contributed by atoms with van der Waals surface area (Å²) in [6.45, 7) is 0. The molecule has 0 unspecified atom stereocenters. The van der Waals surface area contributed by atoms with Gasteiger partial charge < -0.3 is 5.32 Å². The van der Waals surface area contributed by atoms with Crippen molar-refractivity contribution in [3.63, 3.8) is 0 Å². The van der Waals surface area contributed by atoms with Gasteiger partial charge in [0.15, 0.2) is 5.69 Å². The van der Waals surface area contributed by atoms with Crippen LogP contribution < -0.4 is 5.32 Å². The van der Waals surface area contributed by atoms with Crippen LogP contribution in [0.5, 0.6) is 0 Å². The van der Waals surface area contributed by atoms with E-state index in [1.165, 1.54) is 25.2 Å². The largest absolute Gasteiger partial charge is 0.435 e. The summed E-state index contributed by atoms with van der Waals surface area (Å²) >= 11 is 11.5. The van der Waals surface area contributed by atoms with Crippen molar-refractivity contribution in [1.29, 1.82) is 0 Å². The summed E-state index contributed by atoms with van der Waals surface area (Å²) in [7, 11) is 1.25. The lowest BCUT2D eigenvalue weighted by Gasteiger charge is -2.06. The van der Waals surface area contributed by atoms with E-state index in [9.17, 15) is 18.0 Å². The number of benzene rings is 1. The van der Waals surface area contributed by atoms with Crippen molar-refractivity contribution in [2.75, 3.05) is 5.32 Å². The molecule has 4 nitrogen and oxygen atoms in total. The van der Waals surface area contributed by atoms with Crippen LogP contribution in [-0.2, 0) is 13.2 Å². The predicted octanol–water partition coefficient (Wildman–Crippen LogP) is 4.00. The Morgan fingerprint density at radius 1 is 1.19 bits per heavy atom. The number of nitrogens with zero attached hydrogens (tertiary/aromatic N) is 2. The number of amides is 1. The van der Waals surface area contributed by atoms with Gasteiger partial charge in [-0.15, -0.1) is 0 Å². The van der Waals surface area contributed by atoms with Gasteiger partial charge in [0.2, 0.25) is 0 Å². The molecule has 1 heterocycles. The Labute approximate surface area is 127 Å². The molecule has 0 aliphatic rings.